The van der Waals surface area contributed by atoms with E-state index in [1.807, 2.05) is 0 Å². The van der Waals surface area contributed by atoms with Gasteiger partial charge in [0.2, 0.25) is 0 Å². The first-order valence-corrected chi connectivity index (χ1v) is 6.62. The molecule has 0 atom stereocenters. The van der Waals surface area contributed by atoms with Gasteiger partial charge in [0.15, 0.2) is 0 Å². The normalized spacial score (nSPS) is 11.9. The second kappa shape index (κ2) is 5.45. The van der Waals surface area contributed by atoms with Crippen LogP contribution in [0.15, 0.2) is 10.6 Å². The van der Waals surface area contributed by atoms with Gasteiger partial charge >= 0.3 is 7.60 Å². The van der Waals surface area contributed by atoms with E-state index < -0.39 is 7.60 Å². The molecule has 0 aliphatic heterocycles. The molecule has 5 nitrogen and oxygen atoms in total. The van der Waals surface area contributed by atoms with Crippen LogP contribution in [0.4, 0.5) is 0 Å². The second-order valence-corrected chi connectivity index (χ2v) is 5.09. The molecule has 0 aliphatic carbocycles. The predicted molar refractivity (Wildman–Crippen MR) is 55.8 cm³/mol. The summed E-state index contributed by atoms with van der Waals surface area (Å²) in [6, 6.07) is 1.73. The number of rotatable bonds is 6. The van der Waals surface area contributed by atoms with Crippen LogP contribution in [0, 0.1) is 6.92 Å². The van der Waals surface area contributed by atoms with Crippen LogP contribution < -0.4 is 0 Å². The first-order chi connectivity index (χ1) is 7.09. The maximum atomic E-state index is 12.1. The summed E-state index contributed by atoms with van der Waals surface area (Å²) in [5.74, 6) is 0.526. The molecule has 0 aromatic carbocycles. The summed E-state index contributed by atoms with van der Waals surface area (Å²) in [6.07, 6.45) is 0.134. The van der Waals surface area contributed by atoms with E-state index in [9.17, 15) is 4.57 Å². The SMILES string of the molecule is CCOP(=O)(Cc1cc(C)no1)OCC. The maximum absolute atomic E-state index is 12.1. The van der Waals surface area contributed by atoms with Gasteiger partial charge in [-0.1, -0.05) is 5.16 Å². The fourth-order valence-electron chi connectivity index (χ4n) is 1.20. The smallest absolute Gasteiger partial charge is 0.338 e. The van der Waals surface area contributed by atoms with Crippen molar-refractivity contribution in [2.45, 2.75) is 26.9 Å². The summed E-state index contributed by atoms with van der Waals surface area (Å²) >= 11 is 0. The molecule has 1 rings (SSSR count). The topological polar surface area (TPSA) is 61.6 Å². The van der Waals surface area contributed by atoms with Gasteiger partial charge in [0, 0.05) is 6.07 Å². The van der Waals surface area contributed by atoms with Crippen molar-refractivity contribution in [1.29, 1.82) is 0 Å². The van der Waals surface area contributed by atoms with Crippen LogP contribution in [-0.2, 0) is 19.8 Å². The number of hydrogen-bond acceptors (Lipinski definition) is 5. The number of aryl methyl sites for hydroxylation is 1. The zero-order valence-corrected chi connectivity index (χ0v) is 10.1. The Labute approximate surface area is 89.3 Å². The van der Waals surface area contributed by atoms with Gasteiger partial charge < -0.3 is 13.6 Å². The standard InChI is InChI=1S/C9H16NO4P/c1-4-12-15(11,13-5-2)7-9-6-8(3)10-14-9/h6H,4-5,7H2,1-3H3. The van der Waals surface area contributed by atoms with Gasteiger partial charge in [-0.3, -0.25) is 4.57 Å². The lowest BCUT2D eigenvalue weighted by Crippen LogP contribution is -1.98. The summed E-state index contributed by atoms with van der Waals surface area (Å²) in [5.41, 5.74) is 0.754. The molecule has 0 unspecified atom stereocenters. The van der Waals surface area contributed by atoms with Crippen molar-refractivity contribution in [3.8, 4) is 0 Å². The van der Waals surface area contributed by atoms with Crippen molar-refractivity contribution in [2.24, 2.45) is 0 Å². The van der Waals surface area contributed by atoms with Crippen molar-refractivity contribution in [3.63, 3.8) is 0 Å². The Morgan fingerprint density at radius 3 is 2.40 bits per heavy atom. The summed E-state index contributed by atoms with van der Waals surface area (Å²) < 4.78 is 27.3. The van der Waals surface area contributed by atoms with Gasteiger partial charge in [0.25, 0.3) is 0 Å². The van der Waals surface area contributed by atoms with Crippen LogP contribution in [0.2, 0.25) is 0 Å². The quantitative estimate of drug-likeness (QED) is 0.707. The largest absolute Gasteiger partial charge is 0.360 e. The predicted octanol–water partition coefficient (Wildman–Crippen LogP) is 2.75. The fraction of sp³-hybridized carbons (Fsp3) is 0.667. The van der Waals surface area contributed by atoms with Gasteiger partial charge in [-0.2, -0.15) is 0 Å². The lowest BCUT2D eigenvalue weighted by atomic mass is 10.4. The van der Waals surface area contributed by atoms with Gasteiger partial charge in [-0.25, -0.2) is 0 Å². The van der Waals surface area contributed by atoms with Crippen molar-refractivity contribution in [2.75, 3.05) is 13.2 Å². The number of hydrogen-bond donors (Lipinski definition) is 0. The van der Waals surface area contributed by atoms with Crippen LogP contribution in [0.25, 0.3) is 0 Å². The molecule has 0 aliphatic rings. The summed E-state index contributed by atoms with van der Waals surface area (Å²) in [5, 5.41) is 3.71. The van der Waals surface area contributed by atoms with E-state index in [0.717, 1.165) is 5.69 Å². The molecule has 0 spiro atoms. The van der Waals surface area contributed by atoms with Gasteiger partial charge in [0.1, 0.15) is 11.9 Å². The molecule has 0 N–H and O–H groups in total. The zero-order valence-electron chi connectivity index (χ0n) is 9.23. The molecule has 0 amide bonds. The molecule has 0 bridgehead atoms. The minimum Gasteiger partial charge on any atom is -0.360 e. The summed E-state index contributed by atoms with van der Waals surface area (Å²) in [7, 11) is -3.06. The Balaban J connectivity index is 2.70. The highest BCUT2D eigenvalue weighted by Gasteiger charge is 2.26. The van der Waals surface area contributed by atoms with E-state index in [1.54, 1.807) is 26.8 Å². The van der Waals surface area contributed by atoms with Gasteiger partial charge in [0.05, 0.1) is 18.9 Å². The molecule has 1 aromatic heterocycles. The van der Waals surface area contributed by atoms with E-state index >= 15 is 0 Å². The molecule has 0 saturated heterocycles. The third-order valence-corrected chi connectivity index (χ3v) is 3.68. The minimum atomic E-state index is -3.06. The van der Waals surface area contributed by atoms with Crippen molar-refractivity contribution in [1.82, 2.24) is 5.16 Å². The summed E-state index contributed by atoms with van der Waals surface area (Å²) in [6.45, 7) is 6.06. The molecule has 0 radical (unpaired) electrons. The molecule has 0 saturated carbocycles. The van der Waals surface area contributed by atoms with Crippen LogP contribution in [0.3, 0.4) is 0 Å². The molecule has 1 heterocycles. The molecule has 6 heteroatoms. The van der Waals surface area contributed by atoms with Crippen LogP contribution >= 0.6 is 7.60 Å². The van der Waals surface area contributed by atoms with Crippen molar-refractivity contribution in [3.05, 3.63) is 17.5 Å². The first-order valence-electron chi connectivity index (χ1n) is 4.90. The second-order valence-electron chi connectivity index (χ2n) is 3.04. The van der Waals surface area contributed by atoms with Gasteiger partial charge in [-0.15, -0.1) is 0 Å². The van der Waals surface area contributed by atoms with Crippen LogP contribution in [0.5, 0.6) is 0 Å². The highest BCUT2D eigenvalue weighted by Crippen LogP contribution is 2.51. The Morgan fingerprint density at radius 1 is 1.40 bits per heavy atom. The third-order valence-electron chi connectivity index (χ3n) is 1.68. The van der Waals surface area contributed by atoms with Crippen LogP contribution in [-0.4, -0.2) is 18.4 Å². The van der Waals surface area contributed by atoms with E-state index in [2.05, 4.69) is 5.16 Å². The number of aromatic nitrogens is 1. The van der Waals surface area contributed by atoms with Crippen LogP contribution in [0.1, 0.15) is 25.3 Å². The van der Waals surface area contributed by atoms with E-state index in [0.29, 0.717) is 19.0 Å². The van der Waals surface area contributed by atoms with E-state index in [-0.39, 0.29) is 6.16 Å². The number of nitrogens with zero attached hydrogens (tertiary/aromatic N) is 1. The molecule has 86 valence electrons. The Bertz CT molecular complexity index is 340. The Kier molecular flexibility index (Phi) is 4.51. The molecule has 15 heavy (non-hydrogen) atoms. The molecule has 1 aromatic rings. The highest BCUT2D eigenvalue weighted by molar-refractivity contribution is 7.53. The molecular weight excluding hydrogens is 217 g/mol. The first kappa shape index (κ1) is 12.4. The average molecular weight is 233 g/mol. The maximum Gasteiger partial charge on any atom is 0.338 e. The van der Waals surface area contributed by atoms with Crippen molar-refractivity contribution >= 4 is 7.60 Å². The van der Waals surface area contributed by atoms with E-state index in [4.69, 9.17) is 13.6 Å². The van der Waals surface area contributed by atoms with Gasteiger partial charge in [-0.05, 0) is 20.8 Å². The Morgan fingerprint density at radius 2 is 2.00 bits per heavy atom. The lowest BCUT2D eigenvalue weighted by molar-refractivity contribution is 0.216. The highest BCUT2D eigenvalue weighted by atomic mass is 31.2. The van der Waals surface area contributed by atoms with E-state index in [1.165, 1.54) is 0 Å². The zero-order chi connectivity index (χ0) is 11.3. The van der Waals surface area contributed by atoms with Crippen molar-refractivity contribution < 1.29 is 18.1 Å². The minimum absolute atomic E-state index is 0.134. The lowest BCUT2D eigenvalue weighted by Gasteiger charge is -2.14. The third kappa shape index (κ3) is 3.78. The fourth-order valence-corrected chi connectivity index (χ4v) is 2.78. The summed E-state index contributed by atoms with van der Waals surface area (Å²) in [4.78, 5) is 0. The average Bonchev–Trinajstić information content (AvgIpc) is 2.51. The molecule has 0 fully saturated rings. The molecular formula is C9H16NO4P. The monoisotopic (exact) mass is 233 g/mol. The Hall–Kier alpha value is -0.640.